The second kappa shape index (κ2) is 8.69. The number of aliphatic hydroxyl groups excluding tert-OH is 1. The van der Waals surface area contributed by atoms with Gasteiger partial charge in [0.05, 0.1) is 6.61 Å². The predicted molar refractivity (Wildman–Crippen MR) is 117 cm³/mol. The van der Waals surface area contributed by atoms with Crippen LogP contribution in [0.1, 0.15) is 16.7 Å². The van der Waals surface area contributed by atoms with Crippen LogP contribution in [0.25, 0.3) is 22.3 Å². The summed E-state index contributed by atoms with van der Waals surface area (Å²) in [4.78, 5) is 0. The van der Waals surface area contributed by atoms with Crippen molar-refractivity contribution in [2.45, 2.75) is 19.4 Å². The molecule has 0 saturated carbocycles. The van der Waals surface area contributed by atoms with Gasteiger partial charge >= 0.3 is 0 Å². The van der Waals surface area contributed by atoms with Crippen LogP contribution in [-0.4, -0.2) is 5.11 Å². The maximum Gasteiger partial charge on any atom is 0.0681 e. The zero-order valence-corrected chi connectivity index (χ0v) is 15.9. The topological polar surface area (TPSA) is 20.2 Å². The molecule has 0 aliphatic rings. The van der Waals surface area contributed by atoms with Crippen LogP contribution in [0.3, 0.4) is 0 Å². The van der Waals surface area contributed by atoms with E-state index < -0.39 is 0 Å². The van der Waals surface area contributed by atoms with Gasteiger partial charge in [0.2, 0.25) is 0 Å². The summed E-state index contributed by atoms with van der Waals surface area (Å²) in [5.74, 6) is 0. The fraction of sp³-hybridized carbons (Fsp3) is 0.111. The van der Waals surface area contributed by atoms with Gasteiger partial charge in [0.1, 0.15) is 0 Å². The molecule has 0 aliphatic carbocycles. The lowest BCUT2D eigenvalue weighted by Gasteiger charge is -2.13. The van der Waals surface area contributed by atoms with Crippen molar-refractivity contribution in [2.75, 3.05) is 0 Å². The highest BCUT2D eigenvalue weighted by molar-refractivity contribution is 5.83. The predicted octanol–water partition coefficient (Wildman–Crippen LogP) is 6.30. The van der Waals surface area contributed by atoms with Gasteiger partial charge in [0.25, 0.3) is 0 Å². The Hall–Kier alpha value is -3.16. The van der Waals surface area contributed by atoms with Crippen molar-refractivity contribution in [3.05, 3.63) is 120 Å². The molecule has 0 spiro atoms. The molecular formula is C27H24O. The number of benzene rings is 4. The molecule has 0 atom stereocenters. The first kappa shape index (κ1) is 18.2. The van der Waals surface area contributed by atoms with Crippen LogP contribution in [0.5, 0.6) is 0 Å². The molecule has 0 fully saturated rings. The smallest absolute Gasteiger partial charge is 0.0681 e. The summed E-state index contributed by atoms with van der Waals surface area (Å²) >= 11 is 0. The minimum absolute atomic E-state index is 0.0950. The zero-order valence-electron chi connectivity index (χ0n) is 15.9. The van der Waals surface area contributed by atoms with Crippen molar-refractivity contribution in [3.63, 3.8) is 0 Å². The third-order valence-corrected chi connectivity index (χ3v) is 5.13. The molecule has 0 unspecified atom stereocenters. The summed E-state index contributed by atoms with van der Waals surface area (Å²) in [6.07, 6.45) is 1.94. The molecule has 0 saturated heterocycles. The van der Waals surface area contributed by atoms with E-state index in [-0.39, 0.29) is 6.61 Å². The first-order chi connectivity index (χ1) is 13.8. The zero-order chi connectivity index (χ0) is 19.2. The normalized spacial score (nSPS) is 10.8. The molecular weight excluding hydrogens is 340 g/mol. The van der Waals surface area contributed by atoms with E-state index in [0.717, 1.165) is 18.4 Å². The monoisotopic (exact) mass is 364 g/mol. The van der Waals surface area contributed by atoms with E-state index in [1.54, 1.807) is 0 Å². The Balaban J connectivity index is 1.66. The highest BCUT2D eigenvalue weighted by Crippen LogP contribution is 2.33. The van der Waals surface area contributed by atoms with E-state index >= 15 is 0 Å². The fourth-order valence-corrected chi connectivity index (χ4v) is 3.65. The molecule has 0 aliphatic heterocycles. The van der Waals surface area contributed by atoms with Crippen molar-refractivity contribution in [1.82, 2.24) is 0 Å². The molecule has 138 valence electrons. The molecule has 0 heterocycles. The molecule has 28 heavy (non-hydrogen) atoms. The molecule has 4 aromatic carbocycles. The van der Waals surface area contributed by atoms with E-state index in [2.05, 4.69) is 91.0 Å². The van der Waals surface area contributed by atoms with Gasteiger partial charge in [-0.1, -0.05) is 103 Å². The summed E-state index contributed by atoms with van der Waals surface area (Å²) in [5, 5.41) is 9.35. The van der Waals surface area contributed by atoms with E-state index in [0.29, 0.717) is 0 Å². The minimum atomic E-state index is 0.0950. The second-order valence-corrected chi connectivity index (χ2v) is 7.09. The molecule has 1 nitrogen and oxygen atoms in total. The lowest BCUT2D eigenvalue weighted by molar-refractivity contribution is 0.281. The Bertz CT molecular complexity index is 1040. The Morgan fingerprint density at radius 1 is 0.464 bits per heavy atom. The number of hydrogen-bond donors (Lipinski definition) is 1. The lowest BCUT2D eigenvalue weighted by Crippen LogP contribution is -1.95. The molecule has 1 N–H and O–H groups in total. The Morgan fingerprint density at radius 3 is 1.68 bits per heavy atom. The van der Waals surface area contributed by atoms with Crippen LogP contribution >= 0.6 is 0 Å². The highest BCUT2D eigenvalue weighted by Gasteiger charge is 2.09. The number of rotatable bonds is 6. The third-order valence-electron chi connectivity index (χ3n) is 5.13. The maximum atomic E-state index is 9.35. The van der Waals surface area contributed by atoms with E-state index in [1.807, 2.05) is 12.1 Å². The van der Waals surface area contributed by atoms with Crippen molar-refractivity contribution in [2.24, 2.45) is 0 Å². The molecule has 1 heteroatoms. The van der Waals surface area contributed by atoms with Gasteiger partial charge in [-0.25, -0.2) is 0 Å². The van der Waals surface area contributed by atoms with Gasteiger partial charge in [0.15, 0.2) is 0 Å². The third kappa shape index (κ3) is 4.21. The quantitative estimate of drug-likeness (QED) is 0.426. The summed E-state index contributed by atoms with van der Waals surface area (Å²) in [5.41, 5.74) is 8.58. The fourth-order valence-electron chi connectivity index (χ4n) is 3.65. The van der Waals surface area contributed by atoms with Crippen LogP contribution < -0.4 is 0 Å². The van der Waals surface area contributed by atoms with Crippen molar-refractivity contribution < 1.29 is 5.11 Å². The van der Waals surface area contributed by atoms with Crippen molar-refractivity contribution >= 4 is 0 Å². The minimum Gasteiger partial charge on any atom is -0.392 e. The first-order valence-electron chi connectivity index (χ1n) is 9.76. The molecule has 4 rings (SSSR count). The average molecular weight is 364 g/mol. The van der Waals surface area contributed by atoms with Crippen LogP contribution in [0.2, 0.25) is 0 Å². The molecule has 0 radical (unpaired) electrons. The molecule has 0 amide bonds. The van der Waals surface area contributed by atoms with E-state index in [4.69, 9.17) is 0 Å². The summed E-state index contributed by atoms with van der Waals surface area (Å²) in [7, 11) is 0. The van der Waals surface area contributed by atoms with Crippen LogP contribution in [0.15, 0.2) is 103 Å². The number of hydrogen-bond acceptors (Lipinski definition) is 1. The first-order valence-corrected chi connectivity index (χ1v) is 9.76. The van der Waals surface area contributed by atoms with E-state index in [9.17, 15) is 5.11 Å². The Kier molecular flexibility index (Phi) is 5.65. The second-order valence-electron chi connectivity index (χ2n) is 7.09. The van der Waals surface area contributed by atoms with Gasteiger partial charge < -0.3 is 5.11 Å². The van der Waals surface area contributed by atoms with Gasteiger partial charge in [-0.05, 0) is 51.8 Å². The maximum absolute atomic E-state index is 9.35. The number of aliphatic hydroxyl groups is 1. The van der Waals surface area contributed by atoms with E-state index in [1.165, 1.54) is 33.4 Å². The SMILES string of the molecule is OCc1cccc(CCc2ccc(-c3ccccc3)c(-c3ccccc3)c2)c1. The standard InChI is InChI=1S/C27H24O/c28-20-23-9-7-8-21(18-23)14-15-22-16-17-26(24-10-3-1-4-11-24)27(19-22)25-12-5-2-6-13-25/h1-13,16-19,28H,14-15,20H2. The summed E-state index contributed by atoms with van der Waals surface area (Å²) in [6.45, 7) is 0.0950. The van der Waals surface area contributed by atoms with Crippen LogP contribution in [0, 0.1) is 0 Å². The largest absolute Gasteiger partial charge is 0.392 e. The average Bonchev–Trinajstić information content (AvgIpc) is 2.79. The Labute approximate surface area is 166 Å². The van der Waals surface area contributed by atoms with Crippen LogP contribution in [0.4, 0.5) is 0 Å². The molecule has 0 bridgehead atoms. The molecule has 4 aromatic rings. The lowest BCUT2D eigenvalue weighted by atomic mass is 9.91. The van der Waals surface area contributed by atoms with Crippen LogP contribution in [-0.2, 0) is 19.4 Å². The van der Waals surface area contributed by atoms with Crippen molar-refractivity contribution in [3.8, 4) is 22.3 Å². The molecule has 0 aromatic heterocycles. The highest BCUT2D eigenvalue weighted by atomic mass is 16.3. The summed E-state index contributed by atoms with van der Waals surface area (Å²) in [6, 6.07) is 36.2. The Morgan fingerprint density at radius 2 is 1.04 bits per heavy atom. The van der Waals surface area contributed by atoms with Gasteiger partial charge in [-0.3, -0.25) is 0 Å². The van der Waals surface area contributed by atoms with Gasteiger partial charge in [0, 0.05) is 0 Å². The van der Waals surface area contributed by atoms with Gasteiger partial charge in [-0.15, -0.1) is 0 Å². The summed E-state index contributed by atoms with van der Waals surface area (Å²) < 4.78 is 0. The van der Waals surface area contributed by atoms with Gasteiger partial charge in [-0.2, -0.15) is 0 Å². The number of aryl methyl sites for hydroxylation is 2. The van der Waals surface area contributed by atoms with Crippen molar-refractivity contribution in [1.29, 1.82) is 0 Å².